The highest BCUT2D eigenvalue weighted by Crippen LogP contribution is 2.06. The fourth-order valence-electron chi connectivity index (χ4n) is 1.63. The maximum atomic E-state index is 12.7. The molecule has 18 heavy (non-hydrogen) atoms. The summed E-state index contributed by atoms with van der Waals surface area (Å²) in [5.74, 6) is 0.157. The molecule has 0 aromatic heterocycles. The second-order valence-corrected chi connectivity index (χ2v) is 4.31. The zero-order chi connectivity index (χ0) is 13.4. The van der Waals surface area contributed by atoms with Crippen molar-refractivity contribution in [2.24, 2.45) is 5.92 Å². The standard InChI is InChI=1S/C15H20FNO/c1-3-12(4-2)11-17-15(18)10-7-13-5-8-14(16)9-6-13/h5-10,12H,3-4,11H2,1-2H3,(H,17,18)/b10-7+. The largest absolute Gasteiger partial charge is 0.352 e. The van der Waals surface area contributed by atoms with E-state index in [2.05, 4.69) is 19.2 Å². The van der Waals surface area contributed by atoms with Gasteiger partial charge in [-0.15, -0.1) is 0 Å². The van der Waals surface area contributed by atoms with Gasteiger partial charge in [-0.2, -0.15) is 0 Å². The number of rotatable bonds is 6. The van der Waals surface area contributed by atoms with Crippen LogP contribution in [0.1, 0.15) is 32.3 Å². The van der Waals surface area contributed by atoms with Gasteiger partial charge in [0, 0.05) is 12.6 Å². The fourth-order valence-corrected chi connectivity index (χ4v) is 1.63. The Morgan fingerprint density at radius 2 is 1.89 bits per heavy atom. The molecule has 3 heteroatoms. The van der Waals surface area contributed by atoms with Crippen LogP contribution in [0, 0.1) is 11.7 Å². The van der Waals surface area contributed by atoms with Gasteiger partial charge in [-0.1, -0.05) is 38.8 Å². The number of halogens is 1. The maximum absolute atomic E-state index is 12.7. The van der Waals surface area contributed by atoms with Crippen LogP contribution in [0.25, 0.3) is 6.08 Å². The van der Waals surface area contributed by atoms with Gasteiger partial charge in [-0.3, -0.25) is 4.79 Å². The third kappa shape index (κ3) is 5.13. The minimum absolute atomic E-state index is 0.105. The van der Waals surface area contributed by atoms with Crippen LogP contribution in [-0.2, 0) is 4.79 Å². The molecule has 0 heterocycles. The van der Waals surface area contributed by atoms with Crippen LogP contribution in [0.2, 0.25) is 0 Å². The van der Waals surface area contributed by atoms with Crippen molar-refractivity contribution in [3.8, 4) is 0 Å². The van der Waals surface area contributed by atoms with Crippen LogP contribution >= 0.6 is 0 Å². The van der Waals surface area contributed by atoms with Gasteiger partial charge in [0.25, 0.3) is 0 Å². The van der Waals surface area contributed by atoms with Gasteiger partial charge in [0.05, 0.1) is 0 Å². The van der Waals surface area contributed by atoms with Crippen molar-refractivity contribution in [2.75, 3.05) is 6.54 Å². The number of benzene rings is 1. The quantitative estimate of drug-likeness (QED) is 0.769. The van der Waals surface area contributed by atoms with Gasteiger partial charge >= 0.3 is 0 Å². The topological polar surface area (TPSA) is 29.1 Å². The minimum Gasteiger partial charge on any atom is -0.352 e. The summed E-state index contributed by atoms with van der Waals surface area (Å²) in [6, 6.07) is 6.03. The highest BCUT2D eigenvalue weighted by molar-refractivity contribution is 5.91. The molecule has 0 bridgehead atoms. The van der Waals surface area contributed by atoms with Crippen LogP contribution in [-0.4, -0.2) is 12.5 Å². The Hall–Kier alpha value is -1.64. The monoisotopic (exact) mass is 249 g/mol. The lowest BCUT2D eigenvalue weighted by Crippen LogP contribution is -2.27. The Morgan fingerprint density at radius 1 is 1.28 bits per heavy atom. The summed E-state index contributed by atoms with van der Waals surface area (Å²) >= 11 is 0. The molecule has 98 valence electrons. The van der Waals surface area contributed by atoms with E-state index in [1.807, 2.05) is 0 Å². The molecule has 0 atom stereocenters. The molecule has 0 spiro atoms. The average Bonchev–Trinajstić information content (AvgIpc) is 2.39. The lowest BCUT2D eigenvalue weighted by Gasteiger charge is -2.11. The van der Waals surface area contributed by atoms with E-state index < -0.39 is 0 Å². The lowest BCUT2D eigenvalue weighted by atomic mass is 10.0. The highest BCUT2D eigenvalue weighted by atomic mass is 19.1. The van der Waals surface area contributed by atoms with E-state index in [0.29, 0.717) is 12.5 Å². The molecule has 0 saturated heterocycles. The molecular weight excluding hydrogens is 229 g/mol. The number of nitrogens with one attached hydrogen (secondary N) is 1. The second-order valence-electron chi connectivity index (χ2n) is 4.31. The summed E-state index contributed by atoms with van der Waals surface area (Å²) in [5, 5.41) is 2.87. The fraction of sp³-hybridized carbons (Fsp3) is 0.400. The first-order valence-corrected chi connectivity index (χ1v) is 6.37. The average molecular weight is 249 g/mol. The van der Waals surface area contributed by atoms with E-state index in [4.69, 9.17) is 0 Å². The number of hydrogen-bond acceptors (Lipinski definition) is 1. The van der Waals surface area contributed by atoms with Crippen molar-refractivity contribution in [3.63, 3.8) is 0 Å². The third-order valence-electron chi connectivity index (χ3n) is 3.02. The molecule has 0 saturated carbocycles. The van der Waals surface area contributed by atoms with E-state index in [1.165, 1.54) is 18.2 Å². The highest BCUT2D eigenvalue weighted by Gasteiger charge is 2.03. The first-order valence-electron chi connectivity index (χ1n) is 6.37. The third-order valence-corrected chi connectivity index (χ3v) is 3.02. The molecule has 1 N–H and O–H groups in total. The summed E-state index contributed by atoms with van der Waals surface area (Å²) in [6.07, 6.45) is 5.30. The van der Waals surface area contributed by atoms with Crippen LogP contribution < -0.4 is 5.32 Å². The van der Waals surface area contributed by atoms with Crippen molar-refractivity contribution >= 4 is 12.0 Å². The van der Waals surface area contributed by atoms with Crippen molar-refractivity contribution in [2.45, 2.75) is 26.7 Å². The Labute approximate surface area is 108 Å². The molecule has 2 nitrogen and oxygen atoms in total. The Bertz CT molecular complexity index is 393. The summed E-state index contributed by atoms with van der Waals surface area (Å²) in [4.78, 5) is 11.5. The first kappa shape index (κ1) is 14.4. The van der Waals surface area contributed by atoms with Gasteiger partial charge < -0.3 is 5.32 Å². The second kappa shape index (κ2) is 7.64. The number of amides is 1. The van der Waals surface area contributed by atoms with Crippen LogP contribution in [0.4, 0.5) is 4.39 Å². The van der Waals surface area contributed by atoms with Gasteiger partial charge in [0.1, 0.15) is 5.82 Å². The van der Waals surface area contributed by atoms with E-state index in [1.54, 1.807) is 18.2 Å². The van der Waals surface area contributed by atoms with E-state index in [9.17, 15) is 9.18 Å². The van der Waals surface area contributed by atoms with Gasteiger partial charge in [-0.25, -0.2) is 4.39 Å². The summed E-state index contributed by atoms with van der Waals surface area (Å²) in [5.41, 5.74) is 0.814. The molecular formula is C15H20FNO. The number of carbonyl (C=O) groups excluding carboxylic acids is 1. The molecule has 0 radical (unpaired) electrons. The summed E-state index contributed by atoms with van der Waals surface area (Å²) < 4.78 is 12.7. The molecule has 1 amide bonds. The van der Waals surface area contributed by atoms with Crippen LogP contribution in [0.5, 0.6) is 0 Å². The SMILES string of the molecule is CCC(CC)CNC(=O)/C=C/c1ccc(F)cc1. The molecule has 1 aromatic rings. The molecule has 0 aliphatic rings. The first-order chi connectivity index (χ1) is 8.65. The van der Waals surface area contributed by atoms with Crippen molar-refractivity contribution in [1.29, 1.82) is 0 Å². The Balaban J connectivity index is 2.42. The molecule has 1 aromatic carbocycles. The van der Waals surface area contributed by atoms with Gasteiger partial charge in [-0.05, 0) is 29.7 Å². The molecule has 0 aliphatic carbocycles. The van der Waals surface area contributed by atoms with Gasteiger partial charge in [0.15, 0.2) is 0 Å². The van der Waals surface area contributed by atoms with E-state index >= 15 is 0 Å². The smallest absolute Gasteiger partial charge is 0.244 e. The molecule has 0 aliphatic heterocycles. The predicted octanol–water partition coefficient (Wildman–Crippen LogP) is 3.39. The van der Waals surface area contributed by atoms with E-state index in [0.717, 1.165) is 18.4 Å². The molecule has 1 rings (SSSR count). The zero-order valence-electron chi connectivity index (χ0n) is 10.9. The lowest BCUT2D eigenvalue weighted by molar-refractivity contribution is -0.116. The van der Waals surface area contributed by atoms with Gasteiger partial charge in [0.2, 0.25) is 5.91 Å². The Kier molecular flexibility index (Phi) is 6.12. The summed E-state index contributed by atoms with van der Waals surface area (Å²) in [6.45, 7) is 4.95. The van der Waals surface area contributed by atoms with E-state index in [-0.39, 0.29) is 11.7 Å². The van der Waals surface area contributed by atoms with Crippen molar-refractivity contribution in [1.82, 2.24) is 5.32 Å². The zero-order valence-corrected chi connectivity index (χ0v) is 10.9. The normalized spacial score (nSPS) is 11.1. The molecule has 0 fully saturated rings. The van der Waals surface area contributed by atoms with Crippen molar-refractivity contribution < 1.29 is 9.18 Å². The van der Waals surface area contributed by atoms with Crippen LogP contribution in [0.15, 0.2) is 30.3 Å². The van der Waals surface area contributed by atoms with Crippen molar-refractivity contribution in [3.05, 3.63) is 41.7 Å². The Morgan fingerprint density at radius 3 is 2.44 bits per heavy atom. The number of hydrogen-bond donors (Lipinski definition) is 1. The van der Waals surface area contributed by atoms with Crippen LogP contribution in [0.3, 0.4) is 0 Å². The maximum Gasteiger partial charge on any atom is 0.244 e. The summed E-state index contributed by atoms with van der Waals surface area (Å²) in [7, 11) is 0. The predicted molar refractivity (Wildman–Crippen MR) is 72.5 cm³/mol. The minimum atomic E-state index is -0.273. The number of carbonyl (C=O) groups is 1. The molecule has 0 unspecified atom stereocenters.